The first kappa shape index (κ1) is 22.3. The van der Waals surface area contributed by atoms with Crippen molar-refractivity contribution in [3.63, 3.8) is 0 Å². The smallest absolute Gasteiger partial charge is 0.144 e. The van der Waals surface area contributed by atoms with Gasteiger partial charge in [-0.05, 0) is 42.3 Å². The minimum absolute atomic E-state index is 0.212. The summed E-state index contributed by atoms with van der Waals surface area (Å²) in [5.41, 5.74) is 4.26. The third-order valence-electron chi connectivity index (χ3n) is 5.19. The molecule has 0 radical (unpaired) electrons. The monoisotopic (exact) mass is 462 g/mol. The van der Waals surface area contributed by atoms with Crippen molar-refractivity contribution in [2.24, 2.45) is 0 Å². The minimum atomic E-state index is -0.212. The Kier molecular flexibility index (Phi) is 7.43. The summed E-state index contributed by atoms with van der Waals surface area (Å²) >= 11 is 12.2. The van der Waals surface area contributed by atoms with E-state index in [1.807, 2.05) is 92.1 Å². The summed E-state index contributed by atoms with van der Waals surface area (Å²) in [6, 6.07) is 25.7. The van der Waals surface area contributed by atoms with Crippen LogP contribution in [-0.2, 0) is 11.2 Å². The summed E-state index contributed by atoms with van der Waals surface area (Å²) in [6.07, 6.45) is 6.49. The fourth-order valence-corrected chi connectivity index (χ4v) is 3.89. The van der Waals surface area contributed by atoms with Gasteiger partial charge in [0.15, 0.2) is 0 Å². The van der Waals surface area contributed by atoms with Crippen LogP contribution in [0.2, 0.25) is 10.0 Å². The largest absolute Gasteiger partial charge is 0.368 e. The van der Waals surface area contributed by atoms with Crippen LogP contribution < -0.4 is 0 Å². The Morgan fingerprint density at radius 1 is 0.875 bits per heavy atom. The number of hydrogen-bond acceptors (Lipinski definition) is 2. The first-order valence-electron chi connectivity index (χ1n) is 10.5. The predicted molar refractivity (Wildman–Crippen MR) is 133 cm³/mol. The highest BCUT2D eigenvalue weighted by molar-refractivity contribution is 6.30. The highest BCUT2D eigenvalue weighted by Gasteiger charge is 2.16. The molecular weight excluding hydrogens is 439 g/mol. The van der Waals surface area contributed by atoms with Crippen LogP contribution >= 0.6 is 23.2 Å². The molecule has 1 aromatic heterocycles. The Bertz CT molecular complexity index is 1120. The van der Waals surface area contributed by atoms with Gasteiger partial charge in [0.2, 0.25) is 0 Å². The minimum Gasteiger partial charge on any atom is -0.368 e. The van der Waals surface area contributed by atoms with Crippen LogP contribution in [0.5, 0.6) is 0 Å². The van der Waals surface area contributed by atoms with Crippen molar-refractivity contribution in [3.05, 3.63) is 118 Å². The second-order valence-corrected chi connectivity index (χ2v) is 8.27. The van der Waals surface area contributed by atoms with Crippen molar-refractivity contribution in [2.75, 3.05) is 6.61 Å². The zero-order valence-corrected chi connectivity index (χ0v) is 19.3. The lowest BCUT2D eigenvalue weighted by Crippen LogP contribution is -2.10. The Morgan fingerprint density at radius 2 is 1.47 bits per heavy atom. The van der Waals surface area contributed by atoms with Crippen molar-refractivity contribution in [1.82, 2.24) is 9.55 Å². The van der Waals surface area contributed by atoms with Gasteiger partial charge in [-0.25, -0.2) is 4.98 Å². The molecule has 0 aliphatic rings. The van der Waals surface area contributed by atoms with Crippen LogP contribution in [0.4, 0.5) is 0 Å². The van der Waals surface area contributed by atoms with E-state index in [2.05, 4.69) is 21.7 Å². The summed E-state index contributed by atoms with van der Waals surface area (Å²) in [7, 11) is 0. The lowest BCUT2D eigenvalue weighted by Gasteiger charge is -2.19. The third-order valence-corrected chi connectivity index (χ3v) is 5.70. The van der Waals surface area contributed by atoms with Gasteiger partial charge >= 0.3 is 0 Å². The van der Waals surface area contributed by atoms with Crippen molar-refractivity contribution in [1.29, 1.82) is 0 Å². The second-order valence-electron chi connectivity index (χ2n) is 7.40. The summed E-state index contributed by atoms with van der Waals surface area (Å²) in [6.45, 7) is 2.54. The fraction of sp³-hybridized carbons (Fsp3) is 0.148. The molecule has 0 N–H and O–H groups in total. The van der Waals surface area contributed by atoms with E-state index in [1.54, 1.807) is 0 Å². The molecule has 0 spiro atoms. The normalized spacial score (nSPS) is 11.5. The van der Waals surface area contributed by atoms with E-state index in [1.165, 1.54) is 0 Å². The lowest BCUT2D eigenvalue weighted by molar-refractivity contribution is 0.0820. The molecule has 5 heteroatoms. The molecule has 4 aromatic rings. The molecule has 0 saturated heterocycles. The molecule has 3 nitrogen and oxygen atoms in total. The molecule has 0 amide bonds. The quantitative estimate of drug-likeness (QED) is 0.268. The molecule has 0 unspecified atom stereocenters. The molecular formula is C27H24Cl2N2O. The van der Waals surface area contributed by atoms with E-state index in [0.29, 0.717) is 16.7 Å². The zero-order valence-electron chi connectivity index (χ0n) is 17.8. The van der Waals surface area contributed by atoms with Gasteiger partial charge in [0.1, 0.15) is 11.9 Å². The standard InChI is InChI=1S/C27H24Cl2N2O/c1-2-17-31-25(19-30-27(31)22-6-4-3-5-7-22)16-18-32-26(20-8-12-23(28)13-9-20)21-10-14-24(29)15-11-21/h2-15,17,19,26H,16,18H2,1H3/b17-2+. The molecule has 0 fully saturated rings. The van der Waals surface area contributed by atoms with Crippen molar-refractivity contribution < 1.29 is 4.74 Å². The molecule has 3 aromatic carbocycles. The average Bonchev–Trinajstić information content (AvgIpc) is 3.22. The highest BCUT2D eigenvalue weighted by Crippen LogP contribution is 2.29. The van der Waals surface area contributed by atoms with E-state index in [4.69, 9.17) is 27.9 Å². The first-order valence-corrected chi connectivity index (χ1v) is 11.3. The SMILES string of the molecule is C/C=C/n1c(CCOC(c2ccc(Cl)cc2)c2ccc(Cl)cc2)cnc1-c1ccccc1. The Morgan fingerprint density at radius 3 is 2.03 bits per heavy atom. The van der Waals surface area contributed by atoms with Crippen molar-refractivity contribution in [2.45, 2.75) is 19.4 Å². The molecule has 1 heterocycles. The number of hydrogen-bond donors (Lipinski definition) is 0. The Balaban J connectivity index is 1.55. The average molecular weight is 463 g/mol. The van der Waals surface area contributed by atoms with Crippen LogP contribution in [0.15, 0.2) is 91.1 Å². The highest BCUT2D eigenvalue weighted by atomic mass is 35.5. The molecule has 0 saturated carbocycles. The Labute approximate surface area is 198 Å². The van der Waals surface area contributed by atoms with E-state index in [9.17, 15) is 0 Å². The maximum atomic E-state index is 6.39. The van der Waals surface area contributed by atoms with E-state index >= 15 is 0 Å². The number of rotatable bonds is 8. The lowest BCUT2D eigenvalue weighted by atomic mass is 10.0. The maximum Gasteiger partial charge on any atom is 0.144 e. The second kappa shape index (κ2) is 10.6. The number of benzene rings is 3. The third kappa shape index (κ3) is 5.31. The fourth-order valence-electron chi connectivity index (χ4n) is 3.64. The van der Waals surface area contributed by atoms with Gasteiger partial charge in [0, 0.05) is 40.1 Å². The van der Waals surface area contributed by atoms with Gasteiger partial charge in [-0.3, -0.25) is 0 Å². The van der Waals surface area contributed by atoms with Crippen LogP contribution in [0.1, 0.15) is 29.8 Å². The molecule has 32 heavy (non-hydrogen) atoms. The zero-order chi connectivity index (χ0) is 22.3. The summed E-state index contributed by atoms with van der Waals surface area (Å²) in [4.78, 5) is 4.67. The molecule has 0 bridgehead atoms. The summed E-state index contributed by atoms with van der Waals surface area (Å²) in [5, 5.41) is 1.40. The Hall–Kier alpha value is -2.85. The van der Waals surface area contributed by atoms with Gasteiger partial charge in [-0.15, -0.1) is 0 Å². The number of ether oxygens (including phenoxy) is 1. The number of allylic oxidation sites excluding steroid dienone is 1. The molecule has 0 aliphatic carbocycles. The molecule has 162 valence electrons. The summed E-state index contributed by atoms with van der Waals surface area (Å²) in [5.74, 6) is 0.922. The van der Waals surface area contributed by atoms with Crippen LogP contribution in [0, 0.1) is 0 Å². The molecule has 0 atom stereocenters. The first-order chi connectivity index (χ1) is 15.7. The number of nitrogens with zero attached hydrogens (tertiary/aromatic N) is 2. The van der Waals surface area contributed by atoms with Crippen LogP contribution in [0.3, 0.4) is 0 Å². The number of imidazole rings is 1. The van der Waals surface area contributed by atoms with Gasteiger partial charge in [-0.2, -0.15) is 0 Å². The molecule has 0 aliphatic heterocycles. The van der Waals surface area contributed by atoms with Crippen LogP contribution in [0.25, 0.3) is 17.6 Å². The maximum absolute atomic E-state index is 6.39. The van der Waals surface area contributed by atoms with Gasteiger partial charge < -0.3 is 9.30 Å². The number of aromatic nitrogens is 2. The predicted octanol–water partition coefficient (Wildman–Crippen LogP) is 7.70. The van der Waals surface area contributed by atoms with Gasteiger partial charge in [0.25, 0.3) is 0 Å². The summed E-state index contributed by atoms with van der Waals surface area (Å²) < 4.78 is 8.52. The van der Waals surface area contributed by atoms with Crippen LogP contribution in [-0.4, -0.2) is 16.2 Å². The molecule has 4 rings (SSSR count). The van der Waals surface area contributed by atoms with E-state index < -0.39 is 0 Å². The number of halogens is 2. The van der Waals surface area contributed by atoms with E-state index in [0.717, 1.165) is 34.6 Å². The topological polar surface area (TPSA) is 27.1 Å². The van der Waals surface area contributed by atoms with Crippen molar-refractivity contribution >= 4 is 29.4 Å². The van der Waals surface area contributed by atoms with Gasteiger partial charge in [0.05, 0.1) is 6.61 Å². The van der Waals surface area contributed by atoms with E-state index in [-0.39, 0.29) is 6.10 Å². The van der Waals surface area contributed by atoms with Crippen molar-refractivity contribution in [3.8, 4) is 11.4 Å². The van der Waals surface area contributed by atoms with Gasteiger partial charge in [-0.1, -0.05) is 83.9 Å².